The van der Waals surface area contributed by atoms with Gasteiger partial charge in [-0.3, -0.25) is 0 Å². The molecule has 7 aromatic rings. The molecule has 230 valence electrons. The van der Waals surface area contributed by atoms with Crippen LogP contribution in [0.4, 0.5) is 0 Å². The Balaban J connectivity index is 1.12. The molecular weight excluding hydrogens is 583 g/mol. The summed E-state index contributed by atoms with van der Waals surface area (Å²) in [6, 6.07) is 54.0. The average molecular weight is 618 g/mol. The normalized spacial score (nSPS) is 14.4. The zero-order valence-corrected chi connectivity index (χ0v) is 26.8. The van der Waals surface area contributed by atoms with E-state index in [2.05, 4.69) is 127 Å². The average Bonchev–Trinajstić information content (AvgIpc) is 3.44. The maximum Gasteiger partial charge on any atom is 0.164 e. The van der Waals surface area contributed by atoms with Gasteiger partial charge in [-0.2, -0.15) is 0 Å². The van der Waals surface area contributed by atoms with Crippen molar-refractivity contribution in [1.82, 2.24) is 15.0 Å². The highest BCUT2D eigenvalue weighted by Gasteiger charge is 2.45. The van der Waals surface area contributed by atoms with Crippen LogP contribution < -0.4 is 0 Å². The zero-order valence-electron chi connectivity index (χ0n) is 26.8. The van der Waals surface area contributed by atoms with Crippen molar-refractivity contribution in [2.45, 2.75) is 37.5 Å². The number of hydrogen-bond donors (Lipinski definition) is 0. The molecule has 0 aliphatic heterocycles. The van der Waals surface area contributed by atoms with E-state index in [0.29, 0.717) is 17.5 Å². The van der Waals surface area contributed by atoms with Crippen LogP contribution in [0.2, 0.25) is 0 Å². The van der Waals surface area contributed by atoms with E-state index in [1.165, 1.54) is 71.0 Å². The molecule has 1 heterocycles. The number of hydrogen-bond acceptors (Lipinski definition) is 3. The van der Waals surface area contributed by atoms with Crippen LogP contribution in [0.25, 0.3) is 67.5 Å². The first-order chi connectivity index (χ1) is 23.8. The van der Waals surface area contributed by atoms with Crippen LogP contribution in [0.5, 0.6) is 0 Å². The molecule has 0 unspecified atom stereocenters. The van der Waals surface area contributed by atoms with E-state index in [1.54, 1.807) is 0 Å². The van der Waals surface area contributed by atoms with Gasteiger partial charge in [0.15, 0.2) is 17.5 Å². The Bertz CT molecular complexity index is 2230. The topological polar surface area (TPSA) is 38.7 Å². The van der Waals surface area contributed by atoms with Crippen LogP contribution in [0.1, 0.15) is 43.2 Å². The van der Waals surface area contributed by atoms with Gasteiger partial charge in [0.25, 0.3) is 0 Å². The maximum atomic E-state index is 5.04. The molecule has 9 rings (SSSR count). The molecule has 1 aromatic heterocycles. The monoisotopic (exact) mass is 617 g/mol. The van der Waals surface area contributed by atoms with Crippen LogP contribution in [-0.2, 0) is 5.41 Å². The zero-order chi connectivity index (χ0) is 31.9. The fraction of sp³-hybridized carbons (Fsp3) is 0.133. The minimum atomic E-state index is 0.100. The van der Waals surface area contributed by atoms with Crippen molar-refractivity contribution in [2.75, 3.05) is 0 Å². The molecule has 3 heteroatoms. The molecule has 2 aliphatic rings. The molecule has 6 aromatic carbocycles. The molecule has 2 aliphatic carbocycles. The third-order valence-corrected chi connectivity index (χ3v) is 10.4. The van der Waals surface area contributed by atoms with Crippen LogP contribution >= 0.6 is 0 Å². The Morgan fingerprint density at radius 2 is 0.771 bits per heavy atom. The lowest BCUT2D eigenvalue weighted by atomic mass is 9.66. The highest BCUT2D eigenvalue weighted by molar-refractivity contribution is 5.89. The predicted molar refractivity (Wildman–Crippen MR) is 196 cm³/mol. The molecule has 1 spiro atoms. The number of aromatic nitrogens is 3. The molecule has 0 atom stereocenters. The van der Waals surface area contributed by atoms with Gasteiger partial charge >= 0.3 is 0 Å². The number of benzene rings is 6. The molecule has 3 nitrogen and oxygen atoms in total. The first kappa shape index (κ1) is 28.5. The van der Waals surface area contributed by atoms with Gasteiger partial charge < -0.3 is 0 Å². The molecule has 0 saturated heterocycles. The third-order valence-electron chi connectivity index (χ3n) is 10.4. The lowest BCUT2D eigenvalue weighted by molar-refractivity contribution is 0.353. The van der Waals surface area contributed by atoms with E-state index in [-0.39, 0.29) is 5.41 Å². The minimum Gasteiger partial charge on any atom is -0.208 e. The molecule has 0 bridgehead atoms. The summed E-state index contributed by atoms with van der Waals surface area (Å²) < 4.78 is 0. The number of nitrogens with zero attached hydrogens (tertiary/aromatic N) is 3. The maximum absolute atomic E-state index is 5.04. The van der Waals surface area contributed by atoms with E-state index in [4.69, 9.17) is 15.0 Å². The van der Waals surface area contributed by atoms with E-state index < -0.39 is 0 Å². The van der Waals surface area contributed by atoms with Crippen molar-refractivity contribution in [2.24, 2.45) is 0 Å². The van der Waals surface area contributed by atoms with E-state index in [0.717, 1.165) is 22.3 Å². The van der Waals surface area contributed by atoms with Crippen molar-refractivity contribution < 1.29 is 0 Å². The highest BCUT2D eigenvalue weighted by atomic mass is 15.0. The quantitative estimate of drug-likeness (QED) is 0.193. The smallest absolute Gasteiger partial charge is 0.164 e. The van der Waals surface area contributed by atoms with Gasteiger partial charge in [-0.05, 0) is 57.3 Å². The Hall–Kier alpha value is -5.67. The van der Waals surface area contributed by atoms with E-state index in [1.807, 2.05) is 24.3 Å². The molecule has 0 amide bonds. The van der Waals surface area contributed by atoms with Gasteiger partial charge in [0.05, 0.1) is 0 Å². The van der Waals surface area contributed by atoms with Crippen LogP contribution in [0, 0.1) is 0 Å². The highest BCUT2D eigenvalue weighted by Crippen LogP contribution is 2.58. The van der Waals surface area contributed by atoms with Crippen LogP contribution in [0.3, 0.4) is 0 Å². The summed E-state index contributed by atoms with van der Waals surface area (Å²) in [6.07, 6.45) is 6.32. The molecular formula is C45H35N3. The van der Waals surface area contributed by atoms with Crippen molar-refractivity contribution in [3.8, 4) is 67.5 Å². The molecule has 1 fully saturated rings. The fourth-order valence-corrected chi connectivity index (χ4v) is 8.07. The first-order valence-electron chi connectivity index (χ1n) is 17.1. The van der Waals surface area contributed by atoms with E-state index >= 15 is 0 Å². The predicted octanol–water partition coefficient (Wildman–Crippen LogP) is 11.4. The summed E-state index contributed by atoms with van der Waals surface area (Å²) in [4.78, 5) is 15.0. The standard InChI is InChI=1S/C45H35N3/c1-4-13-31(14-5-1)32-21-25-35(26-22-32)43-46-42(34-15-6-2-7-16-34)47-44(48-43)36-27-23-33(24-28-36)37-18-12-19-39-38-17-8-9-20-40(38)45(41(37)39)29-10-3-11-30-45/h1-2,4-9,12-28H,3,10-11,29-30H2. The van der Waals surface area contributed by atoms with Gasteiger partial charge in [0.1, 0.15) is 0 Å². The van der Waals surface area contributed by atoms with Crippen LogP contribution in [-0.4, -0.2) is 15.0 Å². The summed E-state index contributed by atoms with van der Waals surface area (Å²) in [6.45, 7) is 0. The largest absolute Gasteiger partial charge is 0.208 e. The summed E-state index contributed by atoms with van der Waals surface area (Å²) >= 11 is 0. The van der Waals surface area contributed by atoms with Gasteiger partial charge in [0.2, 0.25) is 0 Å². The van der Waals surface area contributed by atoms with Crippen LogP contribution in [0.15, 0.2) is 152 Å². The molecule has 0 N–H and O–H groups in total. The van der Waals surface area contributed by atoms with Gasteiger partial charge in [-0.1, -0.05) is 171 Å². The number of rotatable bonds is 5. The second kappa shape index (κ2) is 11.8. The summed E-state index contributed by atoms with van der Waals surface area (Å²) in [5.41, 5.74) is 13.8. The van der Waals surface area contributed by atoms with Crippen molar-refractivity contribution >= 4 is 0 Å². The van der Waals surface area contributed by atoms with Crippen molar-refractivity contribution in [3.63, 3.8) is 0 Å². The summed E-state index contributed by atoms with van der Waals surface area (Å²) in [5.74, 6) is 2.01. The lowest BCUT2D eigenvalue weighted by Crippen LogP contribution is -2.28. The molecule has 1 saturated carbocycles. The fourth-order valence-electron chi connectivity index (χ4n) is 8.07. The summed E-state index contributed by atoms with van der Waals surface area (Å²) in [5, 5.41) is 0. The third kappa shape index (κ3) is 4.86. The van der Waals surface area contributed by atoms with Gasteiger partial charge in [-0.15, -0.1) is 0 Å². The van der Waals surface area contributed by atoms with Gasteiger partial charge in [-0.25, -0.2) is 15.0 Å². The van der Waals surface area contributed by atoms with E-state index in [9.17, 15) is 0 Å². The van der Waals surface area contributed by atoms with Gasteiger partial charge in [0, 0.05) is 22.1 Å². The minimum absolute atomic E-state index is 0.100. The second-order valence-corrected chi connectivity index (χ2v) is 13.1. The number of fused-ring (bicyclic) bond motifs is 5. The Kier molecular flexibility index (Phi) is 7.04. The Morgan fingerprint density at radius 1 is 0.333 bits per heavy atom. The SMILES string of the molecule is c1ccc(-c2ccc(-c3nc(-c4ccccc4)nc(-c4ccc(-c5cccc6c5C5(CCCCC5)c5ccccc5-6)cc4)n3)cc2)cc1. The Morgan fingerprint density at radius 3 is 1.40 bits per heavy atom. The first-order valence-corrected chi connectivity index (χ1v) is 17.1. The second-order valence-electron chi connectivity index (χ2n) is 13.1. The summed E-state index contributed by atoms with van der Waals surface area (Å²) in [7, 11) is 0. The molecule has 0 radical (unpaired) electrons. The van der Waals surface area contributed by atoms with Crippen molar-refractivity contribution in [3.05, 3.63) is 163 Å². The van der Waals surface area contributed by atoms with Crippen molar-refractivity contribution in [1.29, 1.82) is 0 Å². The molecule has 48 heavy (non-hydrogen) atoms. The lowest BCUT2D eigenvalue weighted by Gasteiger charge is -2.37. The Labute approximate surface area is 282 Å².